The van der Waals surface area contributed by atoms with Gasteiger partial charge in [0.2, 0.25) is 5.91 Å². The van der Waals surface area contributed by atoms with E-state index in [0.717, 1.165) is 23.4 Å². The Balaban J connectivity index is 1.40. The average Bonchev–Trinajstić information content (AvgIpc) is 3.08. The van der Waals surface area contributed by atoms with Crippen molar-refractivity contribution in [2.75, 3.05) is 18.5 Å². The number of nitrogens with one attached hydrogen (secondary N) is 1. The van der Waals surface area contributed by atoms with Crippen LogP contribution in [0.3, 0.4) is 0 Å². The van der Waals surface area contributed by atoms with Gasteiger partial charge in [0.15, 0.2) is 11.5 Å². The molecule has 0 bridgehead atoms. The van der Waals surface area contributed by atoms with Gasteiger partial charge in [0.1, 0.15) is 6.33 Å². The number of carbonyl (C=O) groups excluding carboxylic acids is 1. The van der Waals surface area contributed by atoms with Crippen LogP contribution in [0, 0.1) is 0 Å². The lowest BCUT2D eigenvalue weighted by Crippen LogP contribution is -2.14. The van der Waals surface area contributed by atoms with E-state index in [0.29, 0.717) is 24.7 Å². The van der Waals surface area contributed by atoms with Crippen molar-refractivity contribution in [1.29, 1.82) is 0 Å². The number of fused-ring (bicyclic) bond motifs is 1. The predicted molar refractivity (Wildman–Crippen MR) is 93.5 cm³/mol. The summed E-state index contributed by atoms with van der Waals surface area (Å²) in [5, 5.41) is 13.9. The van der Waals surface area contributed by atoms with Crippen LogP contribution in [0.1, 0.15) is 12.0 Å². The molecule has 8 nitrogen and oxygen atoms in total. The van der Waals surface area contributed by atoms with Gasteiger partial charge in [-0.05, 0) is 52.4 Å². The number of tetrazole rings is 1. The van der Waals surface area contributed by atoms with Crippen molar-refractivity contribution in [2.45, 2.75) is 12.8 Å². The second kappa shape index (κ2) is 7.22. The lowest BCUT2D eigenvalue weighted by atomic mass is 10.1. The third-order valence-corrected chi connectivity index (χ3v) is 3.94. The highest BCUT2D eigenvalue weighted by Crippen LogP contribution is 2.30. The molecule has 1 aromatic heterocycles. The third-order valence-electron chi connectivity index (χ3n) is 3.94. The topological polar surface area (TPSA) is 91.2 Å². The fourth-order valence-electron chi connectivity index (χ4n) is 2.69. The number of benzene rings is 2. The summed E-state index contributed by atoms with van der Waals surface area (Å²) in [5.74, 6) is 1.32. The van der Waals surface area contributed by atoms with Crippen LogP contribution in [0.15, 0.2) is 48.8 Å². The number of hydrogen-bond acceptors (Lipinski definition) is 6. The number of carbonyl (C=O) groups is 1. The summed E-state index contributed by atoms with van der Waals surface area (Å²) in [6.07, 6.45) is 2.62. The Labute approximate surface area is 149 Å². The predicted octanol–water partition coefficient (Wildman–Crippen LogP) is 2.00. The van der Waals surface area contributed by atoms with Crippen molar-refractivity contribution in [1.82, 2.24) is 20.2 Å². The maximum absolute atomic E-state index is 12.3. The summed E-state index contributed by atoms with van der Waals surface area (Å²) in [5.41, 5.74) is 2.40. The summed E-state index contributed by atoms with van der Waals surface area (Å²) in [7, 11) is 0. The molecule has 3 aromatic rings. The van der Waals surface area contributed by atoms with Gasteiger partial charge in [-0.25, -0.2) is 4.68 Å². The molecule has 1 aliphatic rings. The molecule has 2 heterocycles. The van der Waals surface area contributed by atoms with E-state index < -0.39 is 0 Å². The Morgan fingerprint density at radius 2 is 1.88 bits per heavy atom. The van der Waals surface area contributed by atoms with Crippen LogP contribution in [0.5, 0.6) is 11.5 Å². The molecule has 0 fully saturated rings. The normalized spacial score (nSPS) is 13.1. The minimum Gasteiger partial charge on any atom is -0.490 e. The quantitative estimate of drug-likeness (QED) is 0.773. The molecule has 8 heteroatoms. The third kappa shape index (κ3) is 3.64. The van der Waals surface area contributed by atoms with E-state index in [2.05, 4.69) is 20.8 Å². The molecule has 1 amide bonds. The van der Waals surface area contributed by atoms with Crippen molar-refractivity contribution >= 4 is 11.6 Å². The molecule has 4 rings (SSSR count). The minimum atomic E-state index is -0.102. The number of hydrogen-bond donors (Lipinski definition) is 1. The Kier molecular flexibility index (Phi) is 4.46. The van der Waals surface area contributed by atoms with Gasteiger partial charge in [-0.2, -0.15) is 0 Å². The molecule has 0 aliphatic carbocycles. The van der Waals surface area contributed by atoms with E-state index in [1.807, 2.05) is 42.5 Å². The van der Waals surface area contributed by atoms with Gasteiger partial charge < -0.3 is 14.8 Å². The highest BCUT2D eigenvalue weighted by atomic mass is 16.5. The van der Waals surface area contributed by atoms with Gasteiger partial charge in [-0.3, -0.25) is 4.79 Å². The molecule has 2 aromatic carbocycles. The molecule has 0 saturated heterocycles. The Hall–Kier alpha value is -3.42. The van der Waals surface area contributed by atoms with E-state index in [9.17, 15) is 4.79 Å². The van der Waals surface area contributed by atoms with Crippen molar-refractivity contribution in [3.8, 4) is 17.2 Å². The zero-order valence-electron chi connectivity index (χ0n) is 14.0. The Morgan fingerprint density at radius 1 is 1.08 bits per heavy atom. The van der Waals surface area contributed by atoms with Crippen LogP contribution in [0.2, 0.25) is 0 Å². The van der Waals surface area contributed by atoms with E-state index in [-0.39, 0.29) is 12.3 Å². The molecule has 1 aliphatic heterocycles. The second-order valence-corrected chi connectivity index (χ2v) is 5.86. The van der Waals surface area contributed by atoms with Crippen LogP contribution < -0.4 is 14.8 Å². The van der Waals surface area contributed by atoms with Crippen molar-refractivity contribution in [2.24, 2.45) is 0 Å². The molecule has 0 spiro atoms. The molecular weight excluding hydrogens is 334 g/mol. The molecule has 0 radical (unpaired) electrons. The molecule has 0 saturated carbocycles. The first-order chi connectivity index (χ1) is 12.8. The van der Waals surface area contributed by atoms with Crippen molar-refractivity contribution in [3.63, 3.8) is 0 Å². The van der Waals surface area contributed by atoms with Gasteiger partial charge in [0.25, 0.3) is 0 Å². The smallest absolute Gasteiger partial charge is 0.228 e. The summed E-state index contributed by atoms with van der Waals surface area (Å²) in [6.45, 7) is 1.27. The first-order valence-corrected chi connectivity index (χ1v) is 8.30. The fraction of sp³-hybridized carbons (Fsp3) is 0.222. The average molecular weight is 351 g/mol. The zero-order chi connectivity index (χ0) is 17.8. The number of anilines is 1. The summed E-state index contributed by atoms with van der Waals surface area (Å²) in [4.78, 5) is 12.3. The van der Waals surface area contributed by atoms with Crippen LogP contribution in [-0.4, -0.2) is 39.3 Å². The lowest BCUT2D eigenvalue weighted by molar-refractivity contribution is -0.115. The number of rotatable bonds is 4. The summed E-state index contributed by atoms with van der Waals surface area (Å²) >= 11 is 0. The van der Waals surface area contributed by atoms with E-state index in [4.69, 9.17) is 9.47 Å². The Morgan fingerprint density at radius 3 is 2.65 bits per heavy atom. The van der Waals surface area contributed by atoms with E-state index >= 15 is 0 Å². The van der Waals surface area contributed by atoms with E-state index in [1.54, 1.807) is 4.68 Å². The standard InChI is InChI=1S/C18H17N5O3/c24-18(11-13-2-7-16-17(10-13)26-9-1-8-25-16)20-14-3-5-15(6-4-14)23-12-19-21-22-23/h2-7,10,12H,1,8-9,11H2,(H,20,24). The molecular formula is C18H17N5O3. The van der Waals surface area contributed by atoms with Gasteiger partial charge in [-0.15, -0.1) is 5.10 Å². The van der Waals surface area contributed by atoms with Gasteiger partial charge >= 0.3 is 0 Å². The fourth-order valence-corrected chi connectivity index (χ4v) is 2.69. The molecule has 0 unspecified atom stereocenters. The zero-order valence-corrected chi connectivity index (χ0v) is 14.0. The van der Waals surface area contributed by atoms with Gasteiger partial charge in [0, 0.05) is 12.1 Å². The highest BCUT2D eigenvalue weighted by Gasteiger charge is 2.12. The molecule has 26 heavy (non-hydrogen) atoms. The number of aromatic nitrogens is 4. The highest BCUT2D eigenvalue weighted by molar-refractivity contribution is 5.92. The largest absolute Gasteiger partial charge is 0.490 e. The van der Waals surface area contributed by atoms with E-state index in [1.165, 1.54) is 6.33 Å². The summed E-state index contributed by atoms with van der Waals surface area (Å²) in [6, 6.07) is 12.9. The maximum atomic E-state index is 12.3. The lowest BCUT2D eigenvalue weighted by Gasteiger charge is -2.10. The van der Waals surface area contributed by atoms with Gasteiger partial charge in [-0.1, -0.05) is 6.07 Å². The minimum absolute atomic E-state index is 0.102. The number of nitrogens with zero attached hydrogens (tertiary/aromatic N) is 4. The number of ether oxygens (including phenoxy) is 2. The first kappa shape index (κ1) is 16.1. The Bertz CT molecular complexity index is 894. The first-order valence-electron chi connectivity index (χ1n) is 8.30. The van der Waals surface area contributed by atoms with Crippen LogP contribution >= 0.6 is 0 Å². The maximum Gasteiger partial charge on any atom is 0.228 e. The second-order valence-electron chi connectivity index (χ2n) is 5.86. The molecule has 0 atom stereocenters. The number of amides is 1. The van der Waals surface area contributed by atoms with Crippen molar-refractivity contribution < 1.29 is 14.3 Å². The SMILES string of the molecule is O=C(Cc1ccc2c(c1)OCCCO2)Nc1ccc(-n2cnnn2)cc1. The van der Waals surface area contributed by atoms with Crippen molar-refractivity contribution in [3.05, 3.63) is 54.4 Å². The molecule has 1 N–H and O–H groups in total. The monoisotopic (exact) mass is 351 g/mol. The molecule has 132 valence electrons. The van der Waals surface area contributed by atoms with Gasteiger partial charge in [0.05, 0.1) is 25.3 Å². The van der Waals surface area contributed by atoms with Crippen LogP contribution in [0.25, 0.3) is 5.69 Å². The van der Waals surface area contributed by atoms with Crippen LogP contribution in [-0.2, 0) is 11.2 Å². The van der Waals surface area contributed by atoms with Crippen LogP contribution in [0.4, 0.5) is 5.69 Å². The summed E-state index contributed by atoms with van der Waals surface area (Å²) < 4.78 is 12.8.